The average Bonchev–Trinajstić information content (AvgIpc) is 2.42. The number of hydrogen-bond acceptors (Lipinski definition) is 3. The summed E-state index contributed by atoms with van der Waals surface area (Å²) >= 11 is 0. The Bertz CT molecular complexity index is 539. The van der Waals surface area contributed by atoms with E-state index in [4.69, 9.17) is 0 Å². The highest BCUT2D eigenvalue weighted by atomic mass is 32.2. The first kappa shape index (κ1) is 15.5. The molecule has 1 fully saturated rings. The molecule has 4 nitrogen and oxygen atoms in total. The van der Waals surface area contributed by atoms with Crippen molar-refractivity contribution in [3.05, 3.63) is 29.8 Å². The number of sulfonamides is 1. The number of piperidine rings is 1. The largest absolute Gasteiger partial charge is 0.316 e. The molecular weight excluding hydrogens is 272 g/mol. The molecule has 2 rings (SSSR count). The van der Waals surface area contributed by atoms with E-state index in [-0.39, 0.29) is 6.04 Å². The predicted molar refractivity (Wildman–Crippen MR) is 81.0 cm³/mol. The molecule has 2 atom stereocenters. The topological polar surface area (TPSA) is 49.4 Å². The third-order valence-electron chi connectivity index (χ3n) is 4.23. The van der Waals surface area contributed by atoms with E-state index >= 15 is 0 Å². The third-order valence-corrected chi connectivity index (χ3v) is 6.23. The molecule has 0 saturated carbocycles. The van der Waals surface area contributed by atoms with E-state index in [2.05, 4.69) is 12.2 Å². The molecule has 5 heteroatoms. The van der Waals surface area contributed by atoms with Crippen molar-refractivity contribution in [2.24, 2.45) is 5.92 Å². The molecule has 0 aromatic heterocycles. The minimum Gasteiger partial charge on any atom is -0.316 e. The molecule has 112 valence electrons. The van der Waals surface area contributed by atoms with Crippen LogP contribution in [0.4, 0.5) is 0 Å². The second kappa shape index (κ2) is 6.24. The molecule has 2 unspecified atom stereocenters. The molecule has 0 spiro atoms. The SMILES string of the molecule is CNCc1ccc(S(=O)(=O)N2CCCC(C)C2C)cc1. The van der Waals surface area contributed by atoms with Crippen LogP contribution in [0.15, 0.2) is 29.2 Å². The Hall–Kier alpha value is -0.910. The van der Waals surface area contributed by atoms with Crippen molar-refractivity contribution in [3.8, 4) is 0 Å². The van der Waals surface area contributed by atoms with Crippen molar-refractivity contribution in [1.29, 1.82) is 0 Å². The van der Waals surface area contributed by atoms with Gasteiger partial charge in [-0.2, -0.15) is 4.31 Å². The summed E-state index contributed by atoms with van der Waals surface area (Å²) in [6.07, 6.45) is 2.05. The third kappa shape index (κ3) is 3.05. The van der Waals surface area contributed by atoms with Gasteiger partial charge in [0.15, 0.2) is 0 Å². The molecule has 1 N–H and O–H groups in total. The van der Waals surface area contributed by atoms with Gasteiger partial charge in [0.05, 0.1) is 4.90 Å². The summed E-state index contributed by atoms with van der Waals surface area (Å²) in [7, 11) is -1.49. The summed E-state index contributed by atoms with van der Waals surface area (Å²) in [5.74, 6) is 0.419. The Kier molecular flexibility index (Phi) is 4.83. The summed E-state index contributed by atoms with van der Waals surface area (Å²) in [5.41, 5.74) is 1.09. The Morgan fingerprint density at radius 1 is 1.25 bits per heavy atom. The van der Waals surface area contributed by atoms with Crippen LogP contribution in [0, 0.1) is 5.92 Å². The van der Waals surface area contributed by atoms with E-state index in [1.165, 1.54) is 0 Å². The van der Waals surface area contributed by atoms with Crippen LogP contribution in [-0.4, -0.2) is 32.4 Å². The molecule has 1 aromatic rings. The zero-order chi connectivity index (χ0) is 14.8. The fourth-order valence-electron chi connectivity index (χ4n) is 2.76. The van der Waals surface area contributed by atoms with Crippen molar-refractivity contribution >= 4 is 10.0 Å². The maximum absolute atomic E-state index is 12.7. The monoisotopic (exact) mass is 296 g/mol. The Morgan fingerprint density at radius 2 is 1.90 bits per heavy atom. The number of hydrogen-bond donors (Lipinski definition) is 1. The van der Waals surface area contributed by atoms with Gasteiger partial charge in [-0.05, 0) is 50.4 Å². The van der Waals surface area contributed by atoms with Gasteiger partial charge in [0.2, 0.25) is 10.0 Å². The van der Waals surface area contributed by atoms with Crippen LogP contribution in [0.5, 0.6) is 0 Å². The van der Waals surface area contributed by atoms with Crippen molar-refractivity contribution < 1.29 is 8.42 Å². The van der Waals surface area contributed by atoms with E-state index in [9.17, 15) is 8.42 Å². The van der Waals surface area contributed by atoms with Crippen LogP contribution < -0.4 is 5.32 Å². The Morgan fingerprint density at radius 3 is 2.50 bits per heavy atom. The van der Waals surface area contributed by atoms with Crippen LogP contribution in [0.3, 0.4) is 0 Å². The van der Waals surface area contributed by atoms with Gasteiger partial charge in [-0.1, -0.05) is 19.1 Å². The molecule has 0 aliphatic carbocycles. The highest BCUT2D eigenvalue weighted by Crippen LogP contribution is 2.28. The first-order chi connectivity index (χ1) is 9.46. The fraction of sp³-hybridized carbons (Fsp3) is 0.600. The van der Waals surface area contributed by atoms with Gasteiger partial charge in [0.1, 0.15) is 0 Å². The van der Waals surface area contributed by atoms with Crippen LogP contribution in [-0.2, 0) is 16.6 Å². The standard InChI is InChI=1S/C15H24N2O2S/c1-12-5-4-10-17(13(12)2)20(18,19)15-8-6-14(7-9-15)11-16-3/h6-9,12-13,16H,4-5,10-11H2,1-3H3. The van der Waals surface area contributed by atoms with Crippen LogP contribution in [0.25, 0.3) is 0 Å². The van der Waals surface area contributed by atoms with E-state index in [0.717, 1.165) is 24.9 Å². The number of nitrogens with one attached hydrogen (secondary N) is 1. The summed E-state index contributed by atoms with van der Waals surface area (Å²) < 4.78 is 27.1. The first-order valence-electron chi connectivity index (χ1n) is 7.22. The number of nitrogens with zero attached hydrogens (tertiary/aromatic N) is 1. The lowest BCUT2D eigenvalue weighted by Gasteiger charge is -2.36. The van der Waals surface area contributed by atoms with Gasteiger partial charge >= 0.3 is 0 Å². The van der Waals surface area contributed by atoms with Crippen molar-refractivity contribution in [2.75, 3.05) is 13.6 Å². The van der Waals surface area contributed by atoms with Crippen LogP contribution in [0.2, 0.25) is 0 Å². The first-order valence-corrected chi connectivity index (χ1v) is 8.66. The minimum absolute atomic E-state index is 0.0748. The van der Waals surface area contributed by atoms with Gasteiger partial charge in [-0.3, -0.25) is 0 Å². The molecule has 1 heterocycles. The van der Waals surface area contributed by atoms with E-state index < -0.39 is 10.0 Å². The Balaban J connectivity index is 2.25. The molecule has 1 aliphatic heterocycles. The van der Waals surface area contributed by atoms with Gasteiger partial charge < -0.3 is 5.32 Å². The molecular formula is C15H24N2O2S. The number of rotatable bonds is 4. The molecule has 0 amide bonds. The molecule has 1 aliphatic rings. The number of benzene rings is 1. The van der Waals surface area contributed by atoms with E-state index in [0.29, 0.717) is 17.4 Å². The summed E-state index contributed by atoms with van der Waals surface area (Å²) in [4.78, 5) is 0.401. The molecule has 0 bridgehead atoms. The van der Waals surface area contributed by atoms with Crippen molar-refractivity contribution in [3.63, 3.8) is 0 Å². The summed E-state index contributed by atoms with van der Waals surface area (Å²) in [6, 6.07) is 7.26. The minimum atomic E-state index is -3.36. The second-order valence-corrected chi connectivity index (χ2v) is 7.54. The molecule has 1 saturated heterocycles. The lowest BCUT2D eigenvalue weighted by Crippen LogP contribution is -2.45. The smallest absolute Gasteiger partial charge is 0.243 e. The van der Waals surface area contributed by atoms with Crippen molar-refractivity contribution in [1.82, 2.24) is 9.62 Å². The highest BCUT2D eigenvalue weighted by Gasteiger charge is 2.34. The lowest BCUT2D eigenvalue weighted by atomic mass is 9.94. The normalized spacial score (nSPS) is 24.8. The van der Waals surface area contributed by atoms with Crippen molar-refractivity contribution in [2.45, 2.75) is 44.2 Å². The van der Waals surface area contributed by atoms with E-state index in [1.54, 1.807) is 16.4 Å². The Labute approximate surface area is 122 Å². The highest BCUT2D eigenvalue weighted by molar-refractivity contribution is 7.89. The van der Waals surface area contributed by atoms with Crippen LogP contribution in [0.1, 0.15) is 32.3 Å². The summed E-state index contributed by atoms with van der Waals surface area (Å²) in [6.45, 7) is 5.52. The van der Waals surface area contributed by atoms with Gasteiger partial charge in [-0.15, -0.1) is 0 Å². The zero-order valence-electron chi connectivity index (χ0n) is 12.5. The van der Waals surface area contributed by atoms with Gasteiger partial charge in [-0.25, -0.2) is 8.42 Å². The van der Waals surface area contributed by atoms with Gasteiger partial charge in [0.25, 0.3) is 0 Å². The van der Waals surface area contributed by atoms with Crippen LogP contribution >= 0.6 is 0 Å². The molecule has 0 radical (unpaired) electrons. The summed E-state index contributed by atoms with van der Waals surface area (Å²) in [5, 5.41) is 3.06. The molecule has 20 heavy (non-hydrogen) atoms. The van der Waals surface area contributed by atoms with Gasteiger partial charge in [0, 0.05) is 19.1 Å². The second-order valence-electron chi connectivity index (χ2n) is 5.65. The average molecular weight is 296 g/mol. The quantitative estimate of drug-likeness (QED) is 0.927. The van der Waals surface area contributed by atoms with E-state index in [1.807, 2.05) is 26.1 Å². The molecule has 1 aromatic carbocycles. The fourth-order valence-corrected chi connectivity index (χ4v) is 4.52. The lowest BCUT2D eigenvalue weighted by molar-refractivity contribution is 0.202. The maximum Gasteiger partial charge on any atom is 0.243 e. The maximum atomic E-state index is 12.7. The zero-order valence-corrected chi connectivity index (χ0v) is 13.3. The predicted octanol–water partition coefficient (Wildman–Crippen LogP) is 2.22.